The SMILES string of the molecule is O=C(N[C@@H]1CCCc2c1[nH]c1ccccc21)c1ccc2n[nH]c(=O)n2c1. The van der Waals surface area contributed by atoms with Crippen LogP contribution in [0.2, 0.25) is 0 Å². The fraction of sp³-hybridized carbons (Fsp3) is 0.211. The van der Waals surface area contributed by atoms with Crippen LogP contribution in [0.15, 0.2) is 47.4 Å². The normalized spacial score (nSPS) is 16.7. The number of aryl methyl sites for hydroxylation is 1. The minimum absolute atomic E-state index is 0.0598. The number of pyridine rings is 1. The van der Waals surface area contributed by atoms with Crippen molar-refractivity contribution in [1.82, 2.24) is 24.9 Å². The minimum atomic E-state index is -0.356. The van der Waals surface area contributed by atoms with Crippen LogP contribution in [0.5, 0.6) is 0 Å². The first-order valence-corrected chi connectivity index (χ1v) is 8.68. The van der Waals surface area contributed by atoms with Crippen LogP contribution in [0.1, 0.15) is 40.5 Å². The monoisotopic (exact) mass is 347 g/mol. The molecule has 7 nitrogen and oxygen atoms in total. The van der Waals surface area contributed by atoms with Crippen LogP contribution in [-0.2, 0) is 6.42 Å². The van der Waals surface area contributed by atoms with Crippen molar-refractivity contribution in [1.29, 1.82) is 0 Å². The van der Waals surface area contributed by atoms with Gasteiger partial charge in [0.15, 0.2) is 5.65 Å². The second-order valence-corrected chi connectivity index (χ2v) is 6.66. The van der Waals surface area contributed by atoms with E-state index < -0.39 is 0 Å². The molecular weight excluding hydrogens is 330 g/mol. The van der Waals surface area contributed by atoms with Crippen molar-refractivity contribution in [2.45, 2.75) is 25.3 Å². The Balaban J connectivity index is 1.48. The Morgan fingerprint density at radius 2 is 2.12 bits per heavy atom. The lowest BCUT2D eigenvalue weighted by Crippen LogP contribution is -2.31. The molecule has 0 bridgehead atoms. The molecule has 0 fully saturated rings. The Labute approximate surface area is 148 Å². The van der Waals surface area contributed by atoms with Gasteiger partial charge >= 0.3 is 5.69 Å². The summed E-state index contributed by atoms with van der Waals surface area (Å²) < 4.78 is 1.34. The molecule has 0 radical (unpaired) electrons. The Kier molecular flexibility index (Phi) is 3.21. The summed E-state index contributed by atoms with van der Waals surface area (Å²) in [4.78, 5) is 27.9. The fourth-order valence-corrected chi connectivity index (χ4v) is 3.84. The number of carbonyl (C=O) groups is 1. The quantitative estimate of drug-likeness (QED) is 0.519. The van der Waals surface area contributed by atoms with Crippen molar-refractivity contribution in [2.24, 2.45) is 0 Å². The number of fused-ring (bicyclic) bond motifs is 4. The lowest BCUT2D eigenvalue weighted by Gasteiger charge is -2.23. The molecule has 5 rings (SSSR count). The summed E-state index contributed by atoms with van der Waals surface area (Å²) in [5.74, 6) is -0.198. The van der Waals surface area contributed by atoms with Crippen molar-refractivity contribution in [3.63, 3.8) is 0 Å². The summed E-state index contributed by atoms with van der Waals surface area (Å²) in [7, 11) is 0. The van der Waals surface area contributed by atoms with E-state index in [0.29, 0.717) is 11.2 Å². The first kappa shape index (κ1) is 14.9. The molecule has 130 valence electrons. The third-order valence-corrected chi connectivity index (χ3v) is 5.09. The first-order valence-electron chi connectivity index (χ1n) is 8.68. The number of nitrogens with one attached hydrogen (secondary N) is 3. The molecule has 4 aromatic rings. The Hall–Kier alpha value is -3.35. The lowest BCUT2D eigenvalue weighted by molar-refractivity contribution is 0.0931. The van der Waals surface area contributed by atoms with E-state index in [0.717, 1.165) is 30.5 Å². The average molecular weight is 347 g/mol. The van der Waals surface area contributed by atoms with Crippen molar-refractivity contribution in [3.8, 4) is 0 Å². The van der Waals surface area contributed by atoms with Gasteiger partial charge in [0.25, 0.3) is 5.91 Å². The highest BCUT2D eigenvalue weighted by atomic mass is 16.2. The number of aromatic nitrogens is 4. The molecule has 7 heteroatoms. The molecule has 3 heterocycles. The van der Waals surface area contributed by atoms with E-state index in [2.05, 4.69) is 32.6 Å². The van der Waals surface area contributed by atoms with Gasteiger partial charge in [-0.1, -0.05) is 18.2 Å². The van der Waals surface area contributed by atoms with E-state index in [9.17, 15) is 9.59 Å². The van der Waals surface area contributed by atoms with Gasteiger partial charge in [-0.3, -0.25) is 4.79 Å². The smallest absolute Gasteiger partial charge is 0.347 e. The fourth-order valence-electron chi connectivity index (χ4n) is 3.84. The summed E-state index contributed by atoms with van der Waals surface area (Å²) in [6, 6.07) is 11.5. The van der Waals surface area contributed by atoms with Gasteiger partial charge in [-0.25, -0.2) is 14.3 Å². The third kappa shape index (κ3) is 2.24. The van der Waals surface area contributed by atoms with Gasteiger partial charge in [-0.15, -0.1) is 0 Å². The Morgan fingerprint density at radius 1 is 1.23 bits per heavy atom. The molecular formula is C19H17N5O2. The maximum Gasteiger partial charge on any atom is 0.347 e. The molecule has 0 spiro atoms. The summed E-state index contributed by atoms with van der Waals surface area (Å²) in [6.07, 6.45) is 4.45. The molecule has 0 saturated carbocycles. The maximum atomic E-state index is 12.7. The van der Waals surface area contributed by atoms with Crippen LogP contribution in [-0.4, -0.2) is 25.5 Å². The van der Waals surface area contributed by atoms with E-state index in [1.165, 1.54) is 21.5 Å². The molecule has 1 aromatic carbocycles. The second-order valence-electron chi connectivity index (χ2n) is 6.66. The summed E-state index contributed by atoms with van der Waals surface area (Å²) >= 11 is 0. The number of hydrogen-bond acceptors (Lipinski definition) is 3. The first-order chi connectivity index (χ1) is 12.7. The van der Waals surface area contributed by atoms with Crippen LogP contribution >= 0.6 is 0 Å². The molecule has 0 unspecified atom stereocenters. The van der Waals surface area contributed by atoms with Gasteiger partial charge in [0.2, 0.25) is 0 Å². The molecule has 0 saturated heterocycles. The van der Waals surface area contributed by atoms with Gasteiger partial charge in [0.05, 0.1) is 11.6 Å². The molecule has 1 aliphatic carbocycles. The molecule has 3 aromatic heterocycles. The maximum absolute atomic E-state index is 12.7. The molecule has 0 aliphatic heterocycles. The van der Waals surface area contributed by atoms with E-state index in [1.54, 1.807) is 12.1 Å². The zero-order valence-electron chi connectivity index (χ0n) is 14.0. The van der Waals surface area contributed by atoms with Gasteiger partial charge < -0.3 is 10.3 Å². The number of rotatable bonds is 2. The molecule has 1 atom stereocenters. The van der Waals surface area contributed by atoms with E-state index in [1.807, 2.05) is 12.1 Å². The minimum Gasteiger partial charge on any atom is -0.356 e. The number of para-hydroxylation sites is 1. The van der Waals surface area contributed by atoms with Gasteiger partial charge in [0.1, 0.15) is 0 Å². The predicted octanol–water partition coefficient (Wildman–Crippen LogP) is 2.31. The average Bonchev–Trinajstić information content (AvgIpc) is 3.23. The van der Waals surface area contributed by atoms with Crippen molar-refractivity contribution < 1.29 is 4.79 Å². The molecule has 1 amide bonds. The third-order valence-electron chi connectivity index (χ3n) is 5.09. The topological polar surface area (TPSA) is 95.0 Å². The number of nitrogens with zero attached hydrogens (tertiary/aromatic N) is 2. The number of carbonyl (C=O) groups excluding carboxylic acids is 1. The number of hydrogen-bond donors (Lipinski definition) is 3. The zero-order valence-corrected chi connectivity index (χ0v) is 14.0. The molecule has 26 heavy (non-hydrogen) atoms. The van der Waals surface area contributed by atoms with Crippen molar-refractivity contribution >= 4 is 22.5 Å². The summed E-state index contributed by atoms with van der Waals surface area (Å²) in [5.41, 5.74) is 4.05. The Morgan fingerprint density at radius 3 is 3.04 bits per heavy atom. The molecule has 1 aliphatic rings. The summed E-state index contributed by atoms with van der Waals surface area (Å²) in [6.45, 7) is 0. The van der Waals surface area contributed by atoms with E-state index >= 15 is 0 Å². The van der Waals surface area contributed by atoms with Gasteiger partial charge in [-0.05, 0) is 43.0 Å². The van der Waals surface area contributed by atoms with Crippen LogP contribution in [0.3, 0.4) is 0 Å². The number of aromatic amines is 2. The molecule has 3 N–H and O–H groups in total. The van der Waals surface area contributed by atoms with Gasteiger partial charge in [-0.2, -0.15) is 5.10 Å². The largest absolute Gasteiger partial charge is 0.356 e. The highest BCUT2D eigenvalue weighted by Crippen LogP contribution is 2.34. The van der Waals surface area contributed by atoms with Crippen LogP contribution < -0.4 is 11.0 Å². The number of amides is 1. The van der Waals surface area contributed by atoms with Crippen molar-refractivity contribution in [3.05, 3.63) is 69.9 Å². The van der Waals surface area contributed by atoms with Crippen LogP contribution in [0.4, 0.5) is 0 Å². The zero-order chi connectivity index (χ0) is 17.7. The van der Waals surface area contributed by atoms with Gasteiger partial charge in [0, 0.05) is 22.8 Å². The number of H-pyrrole nitrogens is 2. The Bertz CT molecular complexity index is 1200. The lowest BCUT2D eigenvalue weighted by atomic mass is 9.91. The van der Waals surface area contributed by atoms with Crippen LogP contribution in [0, 0.1) is 0 Å². The second kappa shape index (κ2) is 5.59. The number of benzene rings is 1. The highest BCUT2D eigenvalue weighted by molar-refractivity contribution is 5.94. The van der Waals surface area contributed by atoms with Crippen molar-refractivity contribution in [2.75, 3.05) is 0 Å². The predicted molar refractivity (Wildman–Crippen MR) is 97.3 cm³/mol. The van der Waals surface area contributed by atoms with E-state index in [4.69, 9.17) is 0 Å². The van der Waals surface area contributed by atoms with Crippen LogP contribution in [0.25, 0.3) is 16.6 Å². The van der Waals surface area contributed by atoms with E-state index in [-0.39, 0.29) is 17.6 Å². The highest BCUT2D eigenvalue weighted by Gasteiger charge is 2.25. The summed E-state index contributed by atoms with van der Waals surface area (Å²) in [5, 5.41) is 10.6. The standard InChI is InChI=1S/C19H17N5O2/c25-18(11-8-9-16-22-23-19(26)24(16)10-11)21-15-7-3-5-13-12-4-1-2-6-14(12)20-17(13)15/h1-2,4,6,8-10,15,20H,3,5,7H2,(H,21,25)(H,23,26)/t15-/m1/s1.